The summed E-state index contributed by atoms with van der Waals surface area (Å²) in [4.78, 5) is 51.8. The minimum Gasteiger partial charge on any atom is -0.486 e. The highest BCUT2D eigenvalue weighted by molar-refractivity contribution is 6.09. The van der Waals surface area contributed by atoms with Gasteiger partial charge in [0.15, 0.2) is 11.6 Å². The van der Waals surface area contributed by atoms with Crippen LogP contribution in [0, 0.1) is 5.41 Å². The summed E-state index contributed by atoms with van der Waals surface area (Å²) in [6, 6.07) is 31.6. The zero-order valence-electron chi connectivity index (χ0n) is 38.4. The van der Waals surface area contributed by atoms with Crippen molar-refractivity contribution in [2.45, 2.75) is 124 Å². The average molecular weight is 851 g/mol. The van der Waals surface area contributed by atoms with E-state index in [1.54, 1.807) is 100 Å². The fourth-order valence-electron chi connectivity index (χ4n) is 6.88. The van der Waals surface area contributed by atoms with Crippen LogP contribution >= 0.6 is 0 Å². The van der Waals surface area contributed by atoms with Crippen LogP contribution in [-0.2, 0) is 28.5 Å². The Kier molecular flexibility index (Phi) is 17.5. The Balaban J connectivity index is 1.14. The second-order valence-electron chi connectivity index (χ2n) is 18.5. The number of carbonyl (C=O) groups excluding carboxylic acids is 4. The van der Waals surface area contributed by atoms with Crippen LogP contribution in [0.1, 0.15) is 121 Å². The van der Waals surface area contributed by atoms with Crippen LogP contribution in [0.3, 0.4) is 0 Å². The third-order valence-corrected chi connectivity index (χ3v) is 10.4. The molecule has 10 heteroatoms. The van der Waals surface area contributed by atoms with Crippen LogP contribution in [0.4, 0.5) is 0 Å². The van der Waals surface area contributed by atoms with Crippen LogP contribution < -0.4 is 9.47 Å². The Labute approximate surface area is 368 Å². The summed E-state index contributed by atoms with van der Waals surface area (Å²) >= 11 is 0. The molecule has 0 N–H and O–H groups in total. The maximum absolute atomic E-state index is 13.2. The van der Waals surface area contributed by atoms with Crippen molar-refractivity contribution in [3.63, 3.8) is 0 Å². The van der Waals surface area contributed by atoms with Gasteiger partial charge in [-0.15, -0.1) is 0 Å². The van der Waals surface area contributed by atoms with Gasteiger partial charge >= 0.3 is 0 Å². The fourth-order valence-corrected chi connectivity index (χ4v) is 6.88. The molecule has 0 aliphatic rings. The summed E-state index contributed by atoms with van der Waals surface area (Å²) in [6.07, 6.45) is 0.424. The molecule has 3 atom stereocenters. The molecular formula is C52H66O10. The molecule has 4 aromatic rings. The van der Waals surface area contributed by atoms with Crippen molar-refractivity contribution in [3.05, 3.63) is 131 Å². The topological polar surface area (TPSA) is 124 Å². The van der Waals surface area contributed by atoms with Crippen LogP contribution in [-0.4, -0.2) is 84.7 Å². The third-order valence-electron chi connectivity index (χ3n) is 10.4. The Morgan fingerprint density at radius 2 is 0.871 bits per heavy atom. The first-order valence-corrected chi connectivity index (χ1v) is 21.4. The molecule has 4 rings (SSSR count). The Morgan fingerprint density at radius 1 is 0.484 bits per heavy atom. The van der Waals surface area contributed by atoms with E-state index in [0.717, 1.165) is 0 Å². The van der Waals surface area contributed by atoms with Gasteiger partial charge in [-0.25, -0.2) is 0 Å². The molecular weight excluding hydrogens is 785 g/mol. The molecule has 0 radical (unpaired) electrons. The van der Waals surface area contributed by atoms with Gasteiger partial charge in [-0.3, -0.25) is 19.2 Å². The summed E-state index contributed by atoms with van der Waals surface area (Å²) in [6.45, 7) is 21.5. The summed E-state index contributed by atoms with van der Waals surface area (Å²) in [7, 11) is 0. The number of carbonyl (C=O) groups is 4. The van der Waals surface area contributed by atoms with E-state index in [0.29, 0.717) is 59.8 Å². The van der Waals surface area contributed by atoms with Gasteiger partial charge in [0, 0.05) is 34.1 Å². The lowest BCUT2D eigenvalue weighted by atomic mass is 9.94. The zero-order chi connectivity index (χ0) is 45.7. The molecule has 0 heterocycles. The predicted octanol–water partition coefficient (Wildman–Crippen LogP) is 10.1. The lowest BCUT2D eigenvalue weighted by molar-refractivity contribution is -0.157. The lowest BCUT2D eigenvalue weighted by Crippen LogP contribution is -2.43. The number of hydrogen-bond acceptors (Lipinski definition) is 10. The fraction of sp³-hybridized carbons (Fsp3) is 0.462. The van der Waals surface area contributed by atoms with E-state index in [2.05, 4.69) is 13.8 Å². The smallest absolute Gasteiger partial charge is 0.201 e. The maximum Gasteiger partial charge on any atom is 0.201 e. The van der Waals surface area contributed by atoms with Gasteiger partial charge in [0.25, 0.3) is 0 Å². The second-order valence-corrected chi connectivity index (χ2v) is 18.5. The summed E-state index contributed by atoms with van der Waals surface area (Å²) in [5, 5.41) is 0. The molecule has 0 saturated heterocycles. The van der Waals surface area contributed by atoms with E-state index >= 15 is 0 Å². The molecule has 0 aromatic heterocycles. The number of ether oxygens (including phenoxy) is 6. The highest BCUT2D eigenvalue weighted by Gasteiger charge is 2.35. The summed E-state index contributed by atoms with van der Waals surface area (Å²) < 4.78 is 36.7. The summed E-state index contributed by atoms with van der Waals surface area (Å²) in [5.41, 5.74) is -0.749. The molecule has 0 aliphatic carbocycles. The maximum atomic E-state index is 13.2. The second kappa shape index (κ2) is 21.9. The number of Topliss-reactive ketones (excluding diaryl/α,β-unsaturated/α-hetero) is 2. The van der Waals surface area contributed by atoms with Crippen LogP contribution in [0.2, 0.25) is 0 Å². The van der Waals surface area contributed by atoms with E-state index in [-0.39, 0.29) is 60.1 Å². The first-order chi connectivity index (χ1) is 29.1. The predicted molar refractivity (Wildman–Crippen MR) is 241 cm³/mol. The average Bonchev–Trinajstić information content (AvgIpc) is 3.23. The minimum absolute atomic E-state index is 0.0807. The lowest BCUT2D eigenvalue weighted by Gasteiger charge is -2.36. The molecule has 0 fully saturated rings. The number of hydrogen-bond donors (Lipinski definition) is 0. The molecule has 0 aliphatic heterocycles. The molecule has 0 saturated carbocycles. The highest BCUT2D eigenvalue weighted by atomic mass is 16.5. The van der Waals surface area contributed by atoms with Gasteiger partial charge in [0.1, 0.15) is 35.9 Å². The SMILES string of the molecule is CC(CC(C)OC(C)(C)C(=O)COc1ccc(C(=O)c2ccccc2)cc1)OCC(C)(C)COC(C)(C)CC(C)OC(C)(C)C(=O)COc1ccc(C(=O)c2ccccc2)cc1. The highest BCUT2D eigenvalue weighted by Crippen LogP contribution is 2.28. The molecule has 10 nitrogen and oxygen atoms in total. The van der Waals surface area contributed by atoms with E-state index in [1.807, 2.05) is 71.0 Å². The van der Waals surface area contributed by atoms with E-state index < -0.39 is 16.8 Å². The summed E-state index contributed by atoms with van der Waals surface area (Å²) in [5.74, 6) is 0.404. The number of rotatable bonds is 26. The van der Waals surface area contributed by atoms with Crippen molar-refractivity contribution in [2.24, 2.45) is 5.41 Å². The van der Waals surface area contributed by atoms with Crippen molar-refractivity contribution in [3.8, 4) is 11.5 Å². The molecule has 3 unspecified atom stereocenters. The van der Waals surface area contributed by atoms with Gasteiger partial charge in [-0.05, 0) is 117 Å². The van der Waals surface area contributed by atoms with Gasteiger partial charge in [0.2, 0.25) is 11.6 Å². The molecule has 62 heavy (non-hydrogen) atoms. The van der Waals surface area contributed by atoms with Crippen molar-refractivity contribution in [2.75, 3.05) is 26.4 Å². The molecule has 0 amide bonds. The van der Waals surface area contributed by atoms with Gasteiger partial charge < -0.3 is 28.4 Å². The van der Waals surface area contributed by atoms with Gasteiger partial charge in [0.05, 0.1) is 37.1 Å². The third kappa shape index (κ3) is 15.7. The number of ketones is 4. The van der Waals surface area contributed by atoms with E-state index in [4.69, 9.17) is 28.4 Å². The first-order valence-electron chi connectivity index (χ1n) is 21.4. The monoisotopic (exact) mass is 850 g/mol. The zero-order valence-corrected chi connectivity index (χ0v) is 38.4. The van der Waals surface area contributed by atoms with E-state index in [9.17, 15) is 19.2 Å². The standard InChI is InChI=1S/C52H66O10/c1-36(30-37(2)61-51(8,9)45(53)32-57-43-26-22-41(23-27-43)47(55)39-18-14-12-15-19-39)59-34-49(4,5)35-60-50(6,7)31-38(3)62-52(10,11)46(54)33-58-44-28-24-42(25-29-44)48(56)40-20-16-13-17-21-40/h12-29,36-38H,30-35H2,1-11H3. The largest absolute Gasteiger partial charge is 0.486 e. The molecule has 4 aromatic carbocycles. The van der Waals surface area contributed by atoms with Gasteiger partial charge in [-0.1, -0.05) is 74.5 Å². The van der Waals surface area contributed by atoms with Crippen LogP contribution in [0.5, 0.6) is 11.5 Å². The molecule has 334 valence electrons. The van der Waals surface area contributed by atoms with Crippen molar-refractivity contribution in [1.82, 2.24) is 0 Å². The quantitative estimate of drug-likeness (QED) is 0.0564. The van der Waals surface area contributed by atoms with Gasteiger partial charge in [-0.2, -0.15) is 0 Å². The Morgan fingerprint density at radius 3 is 1.29 bits per heavy atom. The molecule has 0 bridgehead atoms. The Hall–Kier alpha value is -5.00. The normalized spacial score (nSPS) is 13.8. The van der Waals surface area contributed by atoms with E-state index in [1.165, 1.54) is 0 Å². The van der Waals surface area contributed by atoms with Crippen molar-refractivity contribution >= 4 is 23.1 Å². The first kappa shape index (κ1) is 49.7. The Bertz CT molecular complexity index is 2050. The van der Waals surface area contributed by atoms with Crippen LogP contribution in [0.15, 0.2) is 109 Å². The molecule has 0 spiro atoms. The minimum atomic E-state index is -1.10. The van der Waals surface area contributed by atoms with Crippen molar-refractivity contribution < 1.29 is 47.6 Å². The van der Waals surface area contributed by atoms with Crippen LogP contribution in [0.25, 0.3) is 0 Å². The number of benzene rings is 4. The van der Waals surface area contributed by atoms with Crippen molar-refractivity contribution in [1.29, 1.82) is 0 Å².